The van der Waals surface area contributed by atoms with Crippen molar-refractivity contribution in [2.75, 3.05) is 19.0 Å². The van der Waals surface area contributed by atoms with E-state index in [-0.39, 0.29) is 0 Å². The number of aryl methyl sites for hydroxylation is 2. The van der Waals surface area contributed by atoms with Crippen LogP contribution in [-0.4, -0.2) is 24.0 Å². The van der Waals surface area contributed by atoms with Gasteiger partial charge in [0.25, 0.3) is 0 Å². The molecule has 0 amide bonds. The third-order valence-electron chi connectivity index (χ3n) is 5.91. The normalized spacial score (nSPS) is 13.9. The summed E-state index contributed by atoms with van der Waals surface area (Å²) in [5.41, 5.74) is 4.18. The molecule has 30 heavy (non-hydrogen) atoms. The Hall–Kier alpha value is -2.98. The fourth-order valence-electron chi connectivity index (χ4n) is 4.03. The van der Waals surface area contributed by atoms with Crippen LogP contribution in [0.3, 0.4) is 0 Å². The van der Waals surface area contributed by atoms with E-state index >= 15 is 0 Å². The van der Waals surface area contributed by atoms with Gasteiger partial charge in [-0.3, -0.25) is 0 Å². The van der Waals surface area contributed by atoms with E-state index in [1.807, 2.05) is 23.9 Å². The second-order valence-electron chi connectivity index (χ2n) is 7.72. The SMILES string of the molecule is C=C1c2c(nc(CC)c3c(=C)c(Sc4ccccc4C)cc(=C)c23)N(C)C(=C)N1C. The highest BCUT2D eigenvalue weighted by Crippen LogP contribution is 2.39. The quantitative estimate of drug-likeness (QED) is 0.608. The minimum absolute atomic E-state index is 0.812. The summed E-state index contributed by atoms with van der Waals surface area (Å²) in [4.78, 5) is 11.4. The highest BCUT2D eigenvalue weighted by Gasteiger charge is 2.29. The molecule has 152 valence electrons. The lowest BCUT2D eigenvalue weighted by Gasteiger charge is -2.38. The average molecular weight is 414 g/mol. The predicted molar refractivity (Wildman–Crippen MR) is 131 cm³/mol. The van der Waals surface area contributed by atoms with Crippen molar-refractivity contribution in [3.05, 3.63) is 76.6 Å². The monoisotopic (exact) mass is 413 g/mol. The Bertz CT molecular complexity index is 1320. The van der Waals surface area contributed by atoms with Crippen LogP contribution in [0.2, 0.25) is 0 Å². The van der Waals surface area contributed by atoms with Crippen LogP contribution in [0.5, 0.6) is 0 Å². The van der Waals surface area contributed by atoms with Crippen LogP contribution < -0.4 is 15.3 Å². The van der Waals surface area contributed by atoms with Gasteiger partial charge in [-0.2, -0.15) is 0 Å². The number of fused-ring (bicyclic) bond motifs is 3. The molecule has 1 aliphatic rings. The van der Waals surface area contributed by atoms with E-state index < -0.39 is 0 Å². The van der Waals surface area contributed by atoms with Gasteiger partial charge >= 0.3 is 0 Å². The molecule has 0 atom stereocenters. The number of aromatic nitrogens is 1. The number of rotatable bonds is 3. The van der Waals surface area contributed by atoms with Gasteiger partial charge < -0.3 is 9.80 Å². The van der Waals surface area contributed by atoms with Gasteiger partial charge in [0.2, 0.25) is 0 Å². The molecule has 0 unspecified atom stereocenters. The van der Waals surface area contributed by atoms with E-state index in [0.717, 1.165) is 61.1 Å². The molecule has 0 radical (unpaired) electrons. The predicted octanol–water partition coefficient (Wildman–Crippen LogP) is 4.90. The molecule has 0 bridgehead atoms. The van der Waals surface area contributed by atoms with Gasteiger partial charge in [0.1, 0.15) is 11.6 Å². The molecule has 0 N–H and O–H groups in total. The lowest BCUT2D eigenvalue weighted by molar-refractivity contribution is 0.564. The number of anilines is 1. The number of nitrogens with zero attached hydrogens (tertiary/aromatic N) is 3. The van der Waals surface area contributed by atoms with Gasteiger partial charge in [0.15, 0.2) is 0 Å². The number of benzene rings is 2. The second kappa shape index (κ2) is 7.37. The van der Waals surface area contributed by atoms with Gasteiger partial charge in [0.05, 0.1) is 5.69 Å². The molecule has 3 aromatic rings. The van der Waals surface area contributed by atoms with Crippen molar-refractivity contribution in [2.45, 2.75) is 30.1 Å². The van der Waals surface area contributed by atoms with E-state index in [0.29, 0.717) is 0 Å². The molecule has 1 aliphatic heterocycles. The molecular weight excluding hydrogens is 386 g/mol. The molecule has 2 heterocycles. The van der Waals surface area contributed by atoms with Crippen LogP contribution in [0.1, 0.15) is 23.7 Å². The third-order valence-corrected chi connectivity index (χ3v) is 7.17. The van der Waals surface area contributed by atoms with E-state index in [9.17, 15) is 0 Å². The molecule has 2 aromatic carbocycles. The van der Waals surface area contributed by atoms with E-state index in [2.05, 4.69) is 70.5 Å². The molecule has 3 nitrogen and oxygen atoms in total. The third kappa shape index (κ3) is 2.94. The summed E-state index contributed by atoms with van der Waals surface area (Å²) in [5, 5.41) is 4.15. The van der Waals surface area contributed by atoms with Crippen LogP contribution in [0.4, 0.5) is 5.82 Å². The Morgan fingerprint density at radius 2 is 1.67 bits per heavy atom. The Balaban J connectivity index is 2.06. The van der Waals surface area contributed by atoms with Crippen LogP contribution in [-0.2, 0) is 6.42 Å². The molecule has 4 rings (SSSR count). The molecule has 0 spiro atoms. The first-order valence-corrected chi connectivity index (χ1v) is 10.8. The zero-order chi connectivity index (χ0) is 21.7. The van der Waals surface area contributed by atoms with Crippen LogP contribution >= 0.6 is 11.8 Å². The summed E-state index contributed by atoms with van der Waals surface area (Å²) >= 11 is 1.74. The Kier molecular flexibility index (Phi) is 4.99. The number of hydrogen-bond acceptors (Lipinski definition) is 4. The maximum Gasteiger partial charge on any atom is 0.144 e. The van der Waals surface area contributed by atoms with Crippen LogP contribution in [0.25, 0.3) is 29.6 Å². The average Bonchev–Trinajstić information content (AvgIpc) is 2.74. The lowest BCUT2D eigenvalue weighted by Crippen LogP contribution is -2.35. The summed E-state index contributed by atoms with van der Waals surface area (Å²) in [6.07, 6.45) is 0.812. The van der Waals surface area contributed by atoms with Crippen molar-refractivity contribution in [3.8, 4) is 0 Å². The van der Waals surface area contributed by atoms with Crippen molar-refractivity contribution in [1.82, 2.24) is 9.88 Å². The highest BCUT2D eigenvalue weighted by molar-refractivity contribution is 7.99. The summed E-state index contributed by atoms with van der Waals surface area (Å²) in [6, 6.07) is 10.6. The molecule has 0 saturated heterocycles. The maximum atomic E-state index is 5.04. The zero-order valence-corrected chi connectivity index (χ0v) is 19.0. The van der Waals surface area contributed by atoms with Crippen molar-refractivity contribution in [3.63, 3.8) is 0 Å². The summed E-state index contributed by atoms with van der Waals surface area (Å²) in [5.74, 6) is 1.74. The minimum Gasteiger partial charge on any atom is -0.331 e. The molecule has 0 aliphatic carbocycles. The lowest BCUT2D eigenvalue weighted by atomic mass is 9.96. The van der Waals surface area contributed by atoms with Gasteiger partial charge in [-0.1, -0.05) is 63.2 Å². The van der Waals surface area contributed by atoms with Gasteiger partial charge in [-0.15, -0.1) is 0 Å². The number of hydrogen-bond donors (Lipinski definition) is 0. The molecule has 0 fully saturated rings. The summed E-state index contributed by atoms with van der Waals surface area (Å²) < 4.78 is 0. The van der Waals surface area contributed by atoms with Crippen molar-refractivity contribution in [2.24, 2.45) is 0 Å². The Morgan fingerprint density at radius 3 is 2.33 bits per heavy atom. The first kappa shape index (κ1) is 20.3. The van der Waals surface area contributed by atoms with E-state index in [1.54, 1.807) is 11.8 Å². The molecule has 1 aromatic heterocycles. The van der Waals surface area contributed by atoms with E-state index in [4.69, 9.17) is 4.98 Å². The smallest absolute Gasteiger partial charge is 0.144 e. The van der Waals surface area contributed by atoms with Gasteiger partial charge in [-0.25, -0.2) is 4.98 Å². The van der Waals surface area contributed by atoms with Crippen molar-refractivity contribution in [1.29, 1.82) is 0 Å². The van der Waals surface area contributed by atoms with E-state index in [1.165, 1.54) is 10.5 Å². The summed E-state index contributed by atoms with van der Waals surface area (Å²) in [6.45, 7) is 21.7. The second-order valence-corrected chi connectivity index (χ2v) is 8.81. The molecular formula is C26H27N3S. The first-order chi connectivity index (χ1) is 14.3. The Labute approximate surface area is 182 Å². The zero-order valence-electron chi connectivity index (χ0n) is 18.2. The fourth-order valence-corrected chi connectivity index (χ4v) is 5.07. The largest absolute Gasteiger partial charge is 0.331 e. The standard InChI is InChI=1S/C26H27N3S/c1-9-20-24-17(4)22(30-21-13-11-10-12-15(21)2)14-16(3)23(24)25-18(5)28(7)19(6)29(8)26(25)27-20/h10-14H,3-6,9H2,1-2,7-8H3. The highest BCUT2D eigenvalue weighted by atomic mass is 32.2. The molecule has 4 heteroatoms. The van der Waals surface area contributed by atoms with Gasteiger partial charge in [0, 0.05) is 45.9 Å². The number of pyridine rings is 1. The Morgan fingerprint density at radius 1 is 0.967 bits per heavy atom. The first-order valence-electron chi connectivity index (χ1n) is 10.0. The van der Waals surface area contributed by atoms with Crippen LogP contribution in [0, 0.1) is 6.92 Å². The maximum absolute atomic E-state index is 5.04. The fraction of sp³-hybridized carbons (Fsp3) is 0.192. The minimum atomic E-state index is 0.812. The van der Waals surface area contributed by atoms with Crippen molar-refractivity contribution >= 4 is 47.2 Å². The van der Waals surface area contributed by atoms with Gasteiger partial charge in [-0.05, 0) is 41.5 Å². The van der Waals surface area contributed by atoms with Crippen LogP contribution in [0.15, 0.2) is 59.1 Å². The topological polar surface area (TPSA) is 19.4 Å². The summed E-state index contributed by atoms with van der Waals surface area (Å²) in [7, 11) is 3.98. The molecule has 0 saturated carbocycles. The van der Waals surface area contributed by atoms with Crippen molar-refractivity contribution < 1.29 is 0 Å².